The zero-order chi connectivity index (χ0) is 13.9. The third kappa shape index (κ3) is 3.31. The van der Waals surface area contributed by atoms with Crippen LogP contribution in [0.3, 0.4) is 0 Å². The molecular formula is C16H18O3. The highest BCUT2D eigenvalue weighted by Crippen LogP contribution is 2.31. The minimum absolute atomic E-state index is 0.00501. The lowest BCUT2D eigenvalue weighted by atomic mass is 9.77. The van der Waals surface area contributed by atoms with Crippen LogP contribution in [-0.4, -0.2) is 11.8 Å². The maximum atomic E-state index is 11.9. The Hall–Kier alpha value is -1.90. The Morgan fingerprint density at radius 1 is 1.26 bits per heavy atom. The van der Waals surface area contributed by atoms with Gasteiger partial charge in [-0.15, -0.1) is 0 Å². The van der Waals surface area contributed by atoms with E-state index in [0.29, 0.717) is 18.4 Å². The highest BCUT2D eigenvalue weighted by molar-refractivity contribution is 6.03. The molecule has 2 rings (SSSR count). The molecule has 0 fully saturated rings. The molecule has 0 bridgehead atoms. The fourth-order valence-corrected chi connectivity index (χ4v) is 1.97. The van der Waals surface area contributed by atoms with Gasteiger partial charge < -0.3 is 4.74 Å². The molecule has 0 amide bonds. The molecule has 0 N–H and O–H groups in total. The van der Waals surface area contributed by atoms with Crippen LogP contribution in [0.25, 0.3) is 0 Å². The average Bonchev–Trinajstić information content (AvgIpc) is 2.40. The van der Waals surface area contributed by atoms with Gasteiger partial charge in [-0.25, -0.2) is 4.79 Å². The minimum Gasteiger partial charge on any atom is -0.457 e. The Kier molecular flexibility index (Phi) is 3.84. The van der Waals surface area contributed by atoms with E-state index in [1.54, 1.807) is 0 Å². The van der Waals surface area contributed by atoms with Crippen molar-refractivity contribution in [2.75, 3.05) is 0 Å². The van der Waals surface area contributed by atoms with Crippen LogP contribution in [0.4, 0.5) is 0 Å². The van der Waals surface area contributed by atoms with E-state index < -0.39 is 0 Å². The Labute approximate surface area is 113 Å². The lowest BCUT2D eigenvalue weighted by molar-refractivity contribution is -0.141. The minimum atomic E-state index is -0.382. The molecule has 0 saturated carbocycles. The van der Waals surface area contributed by atoms with Crippen LogP contribution in [0, 0.1) is 5.41 Å². The Morgan fingerprint density at radius 3 is 2.58 bits per heavy atom. The van der Waals surface area contributed by atoms with Crippen LogP contribution in [0.15, 0.2) is 42.0 Å². The van der Waals surface area contributed by atoms with Crippen molar-refractivity contribution < 1.29 is 14.3 Å². The fourth-order valence-electron chi connectivity index (χ4n) is 1.97. The number of carbonyl (C=O) groups excluding carboxylic acids is 2. The molecule has 0 unspecified atom stereocenters. The number of benzene rings is 1. The summed E-state index contributed by atoms with van der Waals surface area (Å²) in [5.41, 5.74) is 1.07. The molecule has 0 radical (unpaired) electrons. The first-order chi connectivity index (χ1) is 8.99. The Morgan fingerprint density at radius 2 is 1.95 bits per heavy atom. The van der Waals surface area contributed by atoms with Crippen molar-refractivity contribution in [2.24, 2.45) is 5.41 Å². The lowest BCUT2D eigenvalue weighted by Gasteiger charge is -2.26. The third-order valence-corrected chi connectivity index (χ3v) is 3.47. The van der Waals surface area contributed by atoms with Crippen molar-refractivity contribution in [1.82, 2.24) is 0 Å². The summed E-state index contributed by atoms with van der Waals surface area (Å²) >= 11 is 0. The number of rotatable bonds is 3. The van der Waals surface area contributed by atoms with E-state index in [-0.39, 0.29) is 23.8 Å². The van der Waals surface area contributed by atoms with E-state index in [2.05, 4.69) is 0 Å². The highest BCUT2D eigenvalue weighted by atomic mass is 16.5. The number of allylic oxidation sites excluding steroid dienone is 1. The first kappa shape index (κ1) is 13.5. The molecule has 0 aliphatic heterocycles. The van der Waals surface area contributed by atoms with Crippen LogP contribution in [0.5, 0.6) is 0 Å². The predicted molar refractivity (Wildman–Crippen MR) is 72.3 cm³/mol. The quantitative estimate of drug-likeness (QED) is 0.783. The lowest BCUT2D eigenvalue weighted by Crippen LogP contribution is -2.28. The summed E-state index contributed by atoms with van der Waals surface area (Å²) < 4.78 is 5.22. The van der Waals surface area contributed by atoms with Crippen LogP contribution in [-0.2, 0) is 20.9 Å². The molecule has 0 saturated heterocycles. The van der Waals surface area contributed by atoms with E-state index in [9.17, 15) is 9.59 Å². The van der Waals surface area contributed by atoms with Gasteiger partial charge in [-0.1, -0.05) is 44.2 Å². The zero-order valence-corrected chi connectivity index (χ0v) is 11.3. The Balaban J connectivity index is 1.96. The summed E-state index contributed by atoms with van der Waals surface area (Å²) in [6, 6.07) is 9.51. The predicted octanol–water partition coefficient (Wildman–Crippen LogP) is 3.05. The van der Waals surface area contributed by atoms with Gasteiger partial charge in [0.2, 0.25) is 0 Å². The fraction of sp³-hybridized carbons (Fsp3) is 0.375. The van der Waals surface area contributed by atoms with Crippen molar-refractivity contribution in [2.45, 2.75) is 33.3 Å². The van der Waals surface area contributed by atoms with Gasteiger partial charge in [0, 0.05) is 11.0 Å². The molecule has 1 aliphatic carbocycles. The van der Waals surface area contributed by atoms with Crippen LogP contribution < -0.4 is 0 Å². The van der Waals surface area contributed by atoms with E-state index >= 15 is 0 Å². The van der Waals surface area contributed by atoms with E-state index in [0.717, 1.165) is 5.56 Å². The van der Waals surface area contributed by atoms with Gasteiger partial charge in [-0.2, -0.15) is 0 Å². The number of hydrogen-bond acceptors (Lipinski definition) is 3. The monoisotopic (exact) mass is 258 g/mol. The van der Waals surface area contributed by atoms with Gasteiger partial charge in [0.1, 0.15) is 6.61 Å². The van der Waals surface area contributed by atoms with Crippen molar-refractivity contribution in [3.05, 3.63) is 47.5 Å². The van der Waals surface area contributed by atoms with Crippen molar-refractivity contribution >= 4 is 11.8 Å². The maximum absolute atomic E-state index is 11.9. The molecule has 1 aromatic carbocycles. The summed E-state index contributed by atoms with van der Waals surface area (Å²) in [7, 11) is 0. The second-order valence-electron chi connectivity index (χ2n) is 5.48. The molecule has 3 nitrogen and oxygen atoms in total. The summed E-state index contributed by atoms with van der Waals surface area (Å²) in [5.74, 6) is -0.377. The van der Waals surface area contributed by atoms with Crippen molar-refractivity contribution in [1.29, 1.82) is 0 Å². The van der Waals surface area contributed by atoms with Crippen LogP contribution in [0.2, 0.25) is 0 Å². The van der Waals surface area contributed by atoms with E-state index in [1.165, 1.54) is 6.08 Å². The van der Waals surface area contributed by atoms with Crippen LogP contribution in [0.1, 0.15) is 32.3 Å². The number of ketones is 1. The highest BCUT2D eigenvalue weighted by Gasteiger charge is 2.32. The maximum Gasteiger partial charge on any atom is 0.334 e. The number of esters is 1. The standard InChI is InChI=1S/C16H18O3/c1-16(2)9-8-13(10-14(16)17)15(18)19-11-12-6-4-3-5-7-12/h3-7,10H,8-9,11H2,1-2H3. The summed E-state index contributed by atoms with van der Waals surface area (Å²) in [4.78, 5) is 23.7. The summed E-state index contributed by atoms with van der Waals surface area (Å²) in [5, 5.41) is 0. The summed E-state index contributed by atoms with van der Waals surface area (Å²) in [6.45, 7) is 4.05. The van der Waals surface area contributed by atoms with Gasteiger partial charge >= 0.3 is 5.97 Å². The molecular weight excluding hydrogens is 240 g/mol. The number of ether oxygens (including phenoxy) is 1. The molecule has 0 heterocycles. The Bertz CT molecular complexity index is 512. The molecule has 0 spiro atoms. The molecule has 100 valence electrons. The molecule has 0 aromatic heterocycles. The van der Waals surface area contributed by atoms with Gasteiger partial charge in [0.25, 0.3) is 0 Å². The van der Waals surface area contributed by atoms with Gasteiger partial charge in [-0.3, -0.25) is 4.79 Å². The average molecular weight is 258 g/mol. The third-order valence-electron chi connectivity index (χ3n) is 3.47. The van der Waals surface area contributed by atoms with E-state index in [4.69, 9.17) is 4.74 Å². The van der Waals surface area contributed by atoms with Gasteiger partial charge in [-0.05, 0) is 24.5 Å². The number of carbonyl (C=O) groups is 2. The smallest absolute Gasteiger partial charge is 0.334 e. The second-order valence-corrected chi connectivity index (χ2v) is 5.48. The van der Waals surface area contributed by atoms with E-state index in [1.807, 2.05) is 44.2 Å². The second kappa shape index (κ2) is 5.39. The van der Waals surface area contributed by atoms with Gasteiger partial charge in [0.05, 0.1) is 0 Å². The molecule has 0 atom stereocenters. The molecule has 1 aromatic rings. The van der Waals surface area contributed by atoms with Crippen molar-refractivity contribution in [3.8, 4) is 0 Å². The SMILES string of the molecule is CC1(C)CCC(C(=O)OCc2ccccc2)=CC1=O. The molecule has 1 aliphatic rings. The topological polar surface area (TPSA) is 43.4 Å². The first-order valence-corrected chi connectivity index (χ1v) is 6.45. The summed E-state index contributed by atoms with van der Waals surface area (Å²) in [6.07, 6.45) is 2.74. The molecule has 3 heteroatoms. The number of hydrogen-bond donors (Lipinski definition) is 0. The largest absolute Gasteiger partial charge is 0.457 e. The van der Waals surface area contributed by atoms with Crippen LogP contribution >= 0.6 is 0 Å². The zero-order valence-electron chi connectivity index (χ0n) is 11.3. The van der Waals surface area contributed by atoms with Crippen molar-refractivity contribution in [3.63, 3.8) is 0 Å². The molecule has 19 heavy (non-hydrogen) atoms. The normalized spacial score (nSPS) is 17.8. The van der Waals surface area contributed by atoms with Gasteiger partial charge in [0.15, 0.2) is 5.78 Å². The first-order valence-electron chi connectivity index (χ1n) is 6.45.